The van der Waals surface area contributed by atoms with Gasteiger partial charge in [-0.3, -0.25) is 4.98 Å². The second kappa shape index (κ2) is 6.02. The van der Waals surface area contributed by atoms with Gasteiger partial charge in [-0.05, 0) is 57.1 Å². The lowest BCUT2D eigenvalue weighted by atomic mass is 9.81. The van der Waals surface area contributed by atoms with Crippen LogP contribution >= 0.6 is 0 Å². The first-order valence-corrected chi connectivity index (χ1v) is 7.10. The van der Waals surface area contributed by atoms with Gasteiger partial charge in [0.15, 0.2) is 0 Å². The Labute approximate surface area is 117 Å². The molecule has 5 heteroatoms. The summed E-state index contributed by atoms with van der Waals surface area (Å²) in [6.45, 7) is 4.69. The van der Waals surface area contributed by atoms with Crippen molar-refractivity contribution in [3.63, 3.8) is 0 Å². The molecule has 1 aliphatic rings. The Bertz CT molecular complexity index is 429. The van der Waals surface area contributed by atoms with Crippen LogP contribution in [0, 0.1) is 25.7 Å². The van der Waals surface area contributed by atoms with Crippen molar-refractivity contribution < 1.29 is 13.2 Å². The van der Waals surface area contributed by atoms with Crippen LogP contribution in [0.4, 0.5) is 18.9 Å². The number of halogens is 3. The molecule has 0 aromatic carbocycles. The molecule has 0 atom stereocenters. The van der Waals surface area contributed by atoms with Crippen molar-refractivity contribution in [1.29, 1.82) is 0 Å². The van der Waals surface area contributed by atoms with E-state index in [1.807, 2.05) is 19.9 Å². The zero-order valence-corrected chi connectivity index (χ0v) is 11.9. The van der Waals surface area contributed by atoms with Gasteiger partial charge in [0.05, 0.1) is 17.3 Å². The van der Waals surface area contributed by atoms with Gasteiger partial charge in [0.2, 0.25) is 0 Å². The average molecular weight is 286 g/mol. The Morgan fingerprint density at radius 1 is 1.20 bits per heavy atom. The highest BCUT2D eigenvalue weighted by atomic mass is 19.4. The number of nitrogens with one attached hydrogen (secondary N) is 1. The average Bonchev–Trinajstić information content (AvgIpc) is 2.37. The first-order chi connectivity index (χ1) is 9.38. The predicted molar refractivity (Wildman–Crippen MR) is 73.7 cm³/mol. The van der Waals surface area contributed by atoms with Crippen LogP contribution in [0.5, 0.6) is 0 Å². The van der Waals surface area contributed by atoms with Gasteiger partial charge in [0.25, 0.3) is 0 Å². The Morgan fingerprint density at radius 2 is 1.85 bits per heavy atom. The van der Waals surface area contributed by atoms with Gasteiger partial charge >= 0.3 is 6.18 Å². The van der Waals surface area contributed by atoms with Crippen LogP contribution in [0.15, 0.2) is 12.3 Å². The SMILES string of the molecule is Cc1ccnc(C)c1NCC1CCC(C(F)(F)F)CC1. The van der Waals surface area contributed by atoms with Crippen molar-refractivity contribution in [3.8, 4) is 0 Å². The molecule has 1 heterocycles. The van der Waals surface area contributed by atoms with Crippen LogP contribution in [-0.4, -0.2) is 17.7 Å². The third-order valence-corrected chi connectivity index (χ3v) is 4.23. The van der Waals surface area contributed by atoms with Crippen molar-refractivity contribution in [2.75, 3.05) is 11.9 Å². The summed E-state index contributed by atoms with van der Waals surface area (Å²) in [5.41, 5.74) is 3.08. The molecular weight excluding hydrogens is 265 g/mol. The van der Waals surface area contributed by atoms with E-state index >= 15 is 0 Å². The summed E-state index contributed by atoms with van der Waals surface area (Å²) in [5.74, 6) is -0.770. The molecule has 0 bridgehead atoms. The molecular formula is C15H21F3N2. The quantitative estimate of drug-likeness (QED) is 0.886. The summed E-state index contributed by atoms with van der Waals surface area (Å²) in [7, 11) is 0. The van der Waals surface area contributed by atoms with E-state index in [-0.39, 0.29) is 12.8 Å². The van der Waals surface area contributed by atoms with Crippen LogP contribution in [-0.2, 0) is 0 Å². The summed E-state index contributed by atoms with van der Waals surface area (Å²) in [6.07, 6.45) is -0.425. The molecule has 112 valence electrons. The van der Waals surface area contributed by atoms with Gasteiger partial charge < -0.3 is 5.32 Å². The molecule has 1 N–H and O–H groups in total. The highest BCUT2D eigenvalue weighted by molar-refractivity contribution is 5.53. The molecule has 0 unspecified atom stereocenters. The van der Waals surface area contributed by atoms with E-state index in [0.29, 0.717) is 18.8 Å². The van der Waals surface area contributed by atoms with Crippen molar-refractivity contribution in [2.24, 2.45) is 11.8 Å². The highest BCUT2D eigenvalue weighted by Crippen LogP contribution is 2.39. The van der Waals surface area contributed by atoms with Gasteiger partial charge in [0, 0.05) is 12.7 Å². The largest absolute Gasteiger partial charge is 0.391 e. The van der Waals surface area contributed by atoms with Gasteiger partial charge in [-0.1, -0.05) is 0 Å². The van der Waals surface area contributed by atoms with E-state index in [4.69, 9.17) is 0 Å². The molecule has 0 radical (unpaired) electrons. The third-order valence-electron chi connectivity index (χ3n) is 4.23. The van der Waals surface area contributed by atoms with Crippen LogP contribution < -0.4 is 5.32 Å². The van der Waals surface area contributed by atoms with E-state index in [1.165, 1.54) is 0 Å². The Morgan fingerprint density at radius 3 is 2.40 bits per heavy atom. The number of aryl methyl sites for hydroxylation is 2. The lowest BCUT2D eigenvalue weighted by molar-refractivity contribution is -0.183. The number of aromatic nitrogens is 1. The fourth-order valence-electron chi connectivity index (χ4n) is 2.90. The molecule has 1 aromatic rings. The van der Waals surface area contributed by atoms with Crippen LogP contribution in [0.1, 0.15) is 36.9 Å². The summed E-state index contributed by atoms with van der Waals surface area (Å²) < 4.78 is 37.8. The predicted octanol–water partition coefficient (Wildman–Crippen LogP) is 4.48. The van der Waals surface area contributed by atoms with Crippen molar-refractivity contribution in [3.05, 3.63) is 23.5 Å². The minimum atomic E-state index is -4.02. The maximum atomic E-state index is 12.6. The minimum absolute atomic E-state index is 0.265. The fraction of sp³-hybridized carbons (Fsp3) is 0.667. The Balaban J connectivity index is 1.85. The number of hydrogen-bond donors (Lipinski definition) is 1. The normalized spacial score (nSPS) is 23.6. The molecule has 1 aliphatic carbocycles. The lowest BCUT2D eigenvalue weighted by Crippen LogP contribution is -2.30. The number of hydrogen-bond acceptors (Lipinski definition) is 2. The summed E-state index contributed by atoms with van der Waals surface area (Å²) >= 11 is 0. The first kappa shape index (κ1) is 15.1. The topological polar surface area (TPSA) is 24.9 Å². The maximum Gasteiger partial charge on any atom is 0.391 e. The second-order valence-electron chi connectivity index (χ2n) is 5.73. The lowest BCUT2D eigenvalue weighted by Gasteiger charge is -2.30. The van der Waals surface area contributed by atoms with Crippen molar-refractivity contribution in [1.82, 2.24) is 4.98 Å². The zero-order valence-electron chi connectivity index (χ0n) is 11.9. The smallest absolute Gasteiger partial charge is 0.383 e. The first-order valence-electron chi connectivity index (χ1n) is 7.10. The van der Waals surface area contributed by atoms with E-state index in [1.54, 1.807) is 6.20 Å². The molecule has 1 fully saturated rings. The molecule has 2 nitrogen and oxygen atoms in total. The maximum absolute atomic E-state index is 12.6. The van der Waals surface area contributed by atoms with E-state index in [9.17, 15) is 13.2 Å². The van der Waals surface area contributed by atoms with Crippen LogP contribution in [0.3, 0.4) is 0 Å². The van der Waals surface area contributed by atoms with Gasteiger partial charge in [0.1, 0.15) is 0 Å². The number of alkyl halides is 3. The minimum Gasteiger partial charge on any atom is -0.383 e. The molecule has 0 saturated heterocycles. The van der Waals surface area contributed by atoms with E-state index < -0.39 is 12.1 Å². The van der Waals surface area contributed by atoms with Crippen LogP contribution in [0.2, 0.25) is 0 Å². The van der Waals surface area contributed by atoms with E-state index in [0.717, 1.165) is 23.5 Å². The molecule has 0 amide bonds. The van der Waals surface area contributed by atoms with Gasteiger partial charge in [-0.2, -0.15) is 13.2 Å². The second-order valence-corrected chi connectivity index (χ2v) is 5.73. The van der Waals surface area contributed by atoms with E-state index in [2.05, 4.69) is 10.3 Å². The van der Waals surface area contributed by atoms with Gasteiger partial charge in [-0.15, -0.1) is 0 Å². The molecule has 0 spiro atoms. The van der Waals surface area contributed by atoms with Crippen molar-refractivity contribution in [2.45, 2.75) is 45.7 Å². The molecule has 1 saturated carbocycles. The summed E-state index contributed by atoms with van der Waals surface area (Å²) in [5, 5.41) is 3.36. The monoisotopic (exact) mass is 286 g/mol. The zero-order chi connectivity index (χ0) is 14.8. The molecule has 2 rings (SSSR count). The van der Waals surface area contributed by atoms with Crippen molar-refractivity contribution >= 4 is 5.69 Å². The molecule has 20 heavy (non-hydrogen) atoms. The summed E-state index contributed by atoms with van der Waals surface area (Å²) in [6, 6.07) is 1.94. The fourth-order valence-corrected chi connectivity index (χ4v) is 2.90. The third kappa shape index (κ3) is 3.64. The van der Waals surface area contributed by atoms with Crippen LogP contribution in [0.25, 0.3) is 0 Å². The highest BCUT2D eigenvalue weighted by Gasteiger charge is 2.41. The summed E-state index contributed by atoms with van der Waals surface area (Å²) in [4.78, 5) is 4.24. The number of pyridine rings is 1. The molecule has 1 aromatic heterocycles. The van der Waals surface area contributed by atoms with Gasteiger partial charge in [-0.25, -0.2) is 0 Å². The Hall–Kier alpha value is -1.26. The number of anilines is 1. The number of rotatable bonds is 3. The number of nitrogens with zero attached hydrogens (tertiary/aromatic N) is 1. The molecule has 0 aliphatic heterocycles. The Kier molecular flexibility index (Phi) is 4.55. The standard InChI is InChI=1S/C15H21F3N2/c1-10-7-8-19-11(2)14(10)20-9-12-3-5-13(6-4-12)15(16,17)18/h7-8,12-13,20H,3-6,9H2,1-2H3.